The van der Waals surface area contributed by atoms with E-state index in [0.717, 1.165) is 11.8 Å². The molecule has 0 aromatic carbocycles. The Morgan fingerprint density at radius 1 is 1.18 bits per heavy atom. The van der Waals surface area contributed by atoms with Gasteiger partial charge in [-0.15, -0.1) is 0 Å². The molecule has 0 aliphatic heterocycles. The van der Waals surface area contributed by atoms with E-state index >= 15 is 0 Å². The molecule has 2 aliphatic carbocycles. The maximum Gasteiger partial charge on any atom is 0.407 e. The predicted octanol–water partition coefficient (Wildman–Crippen LogP) is 3.85. The summed E-state index contributed by atoms with van der Waals surface area (Å²) in [5.41, 5.74) is -0.427. The van der Waals surface area contributed by atoms with Gasteiger partial charge in [0.2, 0.25) is 0 Å². The molecule has 1 amide bonds. The van der Waals surface area contributed by atoms with Crippen LogP contribution in [0.25, 0.3) is 0 Å². The van der Waals surface area contributed by atoms with Gasteiger partial charge in [-0.25, -0.2) is 4.79 Å². The van der Waals surface area contributed by atoms with Crippen molar-refractivity contribution in [1.82, 2.24) is 10.6 Å². The summed E-state index contributed by atoms with van der Waals surface area (Å²) in [6.45, 7) is 8.69. The number of nitrogens with one attached hydrogen (secondary N) is 2. The Morgan fingerprint density at radius 2 is 1.86 bits per heavy atom. The van der Waals surface area contributed by atoms with Crippen LogP contribution in [0.2, 0.25) is 0 Å². The van der Waals surface area contributed by atoms with Crippen molar-refractivity contribution >= 4 is 6.09 Å². The molecule has 0 spiro atoms. The Hall–Kier alpha value is -0.770. The minimum atomic E-state index is -0.427. The summed E-state index contributed by atoms with van der Waals surface area (Å²) in [5.74, 6) is 1.53. The predicted molar refractivity (Wildman–Crippen MR) is 89.9 cm³/mol. The number of carbonyl (C=O) groups excluding carboxylic acids is 1. The van der Waals surface area contributed by atoms with E-state index in [1.165, 1.54) is 44.9 Å². The van der Waals surface area contributed by atoms with Crippen LogP contribution in [0, 0.1) is 11.8 Å². The Bertz CT molecular complexity index is 361. The summed E-state index contributed by atoms with van der Waals surface area (Å²) < 4.78 is 5.34. The summed E-state index contributed by atoms with van der Waals surface area (Å²) >= 11 is 0. The summed E-state index contributed by atoms with van der Waals surface area (Å²) in [5, 5.41) is 6.83. The van der Waals surface area contributed by atoms with Crippen LogP contribution in [0.5, 0.6) is 0 Å². The first-order valence-electron chi connectivity index (χ1n) is 9.12. The fraction of sp³-hybridized carbons (Fsp3) is 0.944. The molecule has 0 heterocycles. The Morgan fingerprint density at radius 3 is 2.45 bits per heavy atom. The van der Waals surface area contributed by atoms with Crippen molar-refractivity contribution in [3.8, 4) is 0 Å². The van der Waals surface area contributed by atoms with E-state index in [0.29, 0.717) is 18.6 Å². The van der Waals surface area contributed by atoms with Crippen molar-refractivity contribution in [3.05, 3.63) is 0 Å². The van der Waals surface area contributed by atoms with E-state index in [4.69, 9.17) is 4.74 Å². The molecule has 0 radical (unpaired) electrons. The van der Waals surface area contributed by atoms with Gasteiger partial charge >= 0.3 is 6.09 Å². The van der Waals surface area contributed by atoms with E-state index in [-0.39, 0.29) is 6.09 Å². The number of amides is 1. The van der Waals surface area contributed by atoms with Gasteiger partial charge in [0.05, 0.1) is 0 Å². The third-order valence-corrected chi connectivity index (χ3v) is 4.92. The molecule has 2 rings (SSSR count). The number of hydrogen-bond donors (Lipinski definition) is 2. The second kappa shape index (κ2) is 7.67. The fourth-order valence-electron chi connectivity index (χ4n) is 3.56. The Kier molecular flexibility index (Phi) is 6.13. The summed E-state index contributed by atoms with van der Waals surface area (Å²) in [6, 6.07) is 1.04. The fourth-order valence-corrected chi connectivity index (χ4v) is 3.56. The molecule has 4 nitrogen and oxygen atoms in total. The molecular weight excluding hydrogens is 276 g/mol. The highest BCUT2D eigenvalue weighted by Gasteiger charge is 2.35. The van der Waals surface area contributed by atoms with Crippen molar-refractivity contribution in [3.63, 3.8) is 0 Å². The number of hydrogen-bond acceptors (Lipinski definition) is 3. The summed E-state index contributed by atoms with van der Waals surface area (Å²) in [6.07, 6.45) is 8.89. The highest BCUT2D eigenvalue weighted by atomic mass is 16.6. The molecule has 0 bridgehead atoms. The van der Waals surface area contributed by atoms with E-state index in [1.54, 1.807) is 0 Å². The van der Waals surface area contributed by atoms with Gasteiger partial charge in [0.15, 0.2) is 0 Å². The van der Waals surface area contributed by atoms with Crippen LogP contribution < -0.4 is 10.6 Å². The summed E-state index contributed by atoms with van der Waals surface area (Å²) in [7, 11) is 0. The second-order valence-corrected chi connectivity index (χ2v) is 8.05. The average molecular weight is 310 g/mol. The third kappa shape index (κ3) is 5.79. The molecule has 0 aromatic rings. The topological polar surface area (TPSA) is 50.4 Å². The lowest BCUT2D eigenvalue weighted by molar-refractivity contribution is 0.0518. The van der Waals surface area contributed by atoms with Crippen molar-refractivity contribution in [2.45, 2.75) is 90.3 Å². The van der Waals surface area contributed by atoms with Gasteiger partial charge < -0.3 is 15.4 Å². The third-order valence-electron chi connectivity index (χ3n) is 4.92. The summed E-state index contributed by atoms with van der Waals surface area (Å²) in [4.78, 5) is 11.9. The van der Waals surface area contributed by atoms with E-state index in [2.05, 4.69) is 17.6 Å². The van der Waals surface area contributed by atoms with Crippen LogP contribution in [-0.2, 0) is 4.74 Å². The monoisotopic (exact) mass is 310 g/mol. The first-order valence-corrected chi connectivity index (χ1v) is 9.12. The van der Waals surface area contributed by atoms with Gasteiger partial charge in [-0.05, 0) is 58.3 Å². The normalized spacial score (nSPS) is 27.3. The van der Waals surface area contributed by atoms with E-state index in [1.807, 2.05) is 20.8 Å². The smallest absolute Gasteiger partial charge is 0.407 e. The highest BCUT2D eigenvalue weighted by Crippen LogP contribution is 2.34. The molecular formula is C18H34N2O2. The number of ether oxygens (including phenoxy) is 1. The number of rotatable bonds is 6. The minimum absolute atomic E-state index is 0.296. The molecule has 0 saturated heterocycles. The minimum Gasteiger partial charge on any atom is -0.444 e. The van der Waals surface area contributed by atoms with Gasteiger partial charge in [0.25, 0.3) is 0 Å². The van der Waals surface area contributed by atoms with Crippen LogP contribution in [0.3, 0.4) is 0 Å². The van der Waals surface area contributed by atoms with Crippen molar-refractivity contribution in [2.75, 3.05) is 6.54 Å². The lowest BCUT2D eigenvalue weighted by Crippen LogP contribution is -2.50. The molecule has 0 aromatic heterocycles. The molecule has 4 heteroatoms. The maximum absolute atomic E-state index is 11.9. The zero-order valence-corrected chi connectivity index (χ0v) is 14.8. The molecule has 128 valence electrons. The van der Waals surface area contributed by atoms with E-state index < -0.39 is 5.60 Å². The molecule has 2 saturated carbocycles. The average Bonchev–Trinajstić information content (AvgIpc) is 3.26. The van der Waals surface area contributed by atoms with Gasteiger partial charge in [0.1, 0.15) is 5.60 Å². The standard InChI is InChI=1S/C18H34N2O2/c1-5-13-8-6-7-9-15(13)20-16(14-10-11-14)12-19-17(21)22-18(2,3)4/h13-16,20H,5-12H2,1-4H3,(H,19,21). The zero-order chi connectivity index (χ0) is 16.2. The van der Waals surface area contributed by atoms with Crippen LogP contribution in [-0.4, -0.2) is 30.3 Å². The van der Waals surface area contributed by atoms with Crippen molar-refractivity contribution in [2.24, 2.45) is 11.8 Å². The van der Waals surface area contributed by atoms with E-state index in [9.17, 15) is 4.79 Å². The van der Waals surface area contributed by atoms with Gasteiger partial charge in [-0.3, -0.25) is 0 Å². The molecule has 2 aliphatic rings. The van der Waals surface area contributed by atoms with Crippen LogP contribution >= 0.6 is 0 Å². The van der Waals surface area contributed by atoms with Crippen LogP contribution in [0.1, 0.15) is 72.6 Å². The zero-order valence-electron chi connectivity index (χ0n) is 14.8. The van der Waals surface area contributed by atoms with Crippen LogP contribution in [0.15, 0.2) is 0 Å². The van der Waals surface area contributed by atoms with Crippen molar-refractivity contribution < 1.29 is 9.53 Å². The Balaban J connectivity index is 1.81. The quantitative estimate of drug-likeness (QED) is 0.783. The van der Waals surface area contributed by atoms with Gasteiger partial charge in [-0.2, -0.15) is 0 Å². The Labute approximate surface area is 135 Å². The largest absolute Gasteiger partial charge is 0.444 e. The molecule has 3 unspecified atom stereocenters. The first kappa shape index (κ1) is 17.6. The lowest BCUT2D eigenvalue weighted by Gasteiger charge is -2.35. The molecule has 2 fully saturated rings. The second-order valence-electron chi connectivity index (χ2n) is 8.05. The van der Waals surface area contributed by atoms with Crippen molar-refractivity contribution in [1.29, 1.82) is 0 Å². The van der Waals surface area contributed by atoms with Crippen LogP contribution in [0.4, 0.5) is 4.79 Å². The first-order chi connectivity index (χ1) is 10.4. The maximum atomic E-state index is 11.9. The van der Waals surface area contributed by atoms with Gasteiger partial charge in [-0.1, -0.05) is 26.2 Å². The molecule has 22 heavy (non-hydrogen) atoms. The van der Waals surface area contributed by atoms with Gasteiger partial charge in [0, 0.05) is 18.6 Å². The molecule has 3 atom stereocenters. The lowest BCUT2D eigenvalue weighted by atomic mass is 9.82. The molecule has 2 N–H and O–H groups in total. The highest BCUT2D eigenvalue weighted by molar-refractivity contribution is 5.67. The number of alkyl carbamates (subject to hydrolysis) is 1. The number of carbonyl (C=O) groups is 1. The SMILES string of the molecule is CCC1CCCCC1NC(CNC(=O)OC(C)(C)C)C1CC1.